The van der Waals surface area contributed by atoms with Crippen molar-refractivity contribution in [1.29, 1.82) is 0 Å². The lowest BCUT2D eigenvalue weighted by Gasteiger charge is -2.24. The van der Waals surface area contributed by atoms with Gasteiger partial charge in [0.05, 0.1) is 0 Å². The van der Waals surface area contributed by atoms with Crippen molar-refractivity contribution in [3.05, 3.63) is 0 Å². The van der Waals surface area contributed by atoms with Gasteiger partial charge in [0.25, 0.3) is 0 Å². The fraction of sp³-hybridized carbons (Fsp3) is 1.00. The third-order valence-corrected chi connectivity index (χ3v) is 4.21. The SMILES string of the molecule is OC(O)C(C1CC1)C1CCSC1. The van der Waals surface area contributed by atoms with Crippen molar-refractivity contribution in [3.8, 4) is 0 Å². The van der Waals surface area contributed by atoms with Crippen LogP contribution in [0, 0.1) is 17.8 Å². The summed E-state index contributed by atoms with van der Waals surface area (Å²) in [6, 6.07) is 0. The van der Waals surface area contributed by atoms with Crippen LogP contribution in [0.2, 0.25) is 0 Å². The summed E-state index contributed by atoms with van der Waals surface area (Å²) >= 11 is 1.95. The molecule has 2 nitrogen and oxygen atoms in total. The second kappa shape index (κ2) is 3.56. The van der Waals surface area contributed by atoms with Gasteiger partial charge in [-0.25, -0.2) is 0 Å². The lowest BCUT2D eigenvalue weighted by atomic mass is 9.87. The first kappa shape index (κ1) is 8.85. The Morgan fingerprint density at radius 2 is 1.83 bits per heavy atom. The van der Waals surface area contributed by atoms with Crippen molar-refractivity contribution in [1.82, 2.24) is 0 Å². The average molecular weight is 188 g/mol. The van der Waals surface area contributed by atoms with E-state index < -0.39 is 6.29 Å². The van der Waals surface area contributed by atoms with Gasteiger partial charge in [-0.2, -0.15) is 11.8 Å². The van der Waals surface area contributed by atoms with Gasteiger partial charge in [-0.3, -0.25) is 0 Å². The Morgan fingerprint density at radius 1 is 1.08 bits per heavy atom. The highest BCUT2D eigenvalue weighted by Gasteiger charge is 2.41. The summed E-state index contributed by atoms with van der Waals surface area (Å²) in [5.74, 6) is 3.72. The molecule has 0 aromatic carbocycles. The topological polar surface area (TPSA) is 40.5 Å². The van der Waals surface area contributed by atoms with E-state index in [1.54, 1.807) is 0 Å². The fourth-order valence-corrected chi connectivity index (χ4v) is 3.54. The lowest BCUT2D eigenvalue weighted by molar-refractivity contribution is -0.104. The smallest absolute Gasteiger partial charge is 0.154 e. The van der Waals surface area contributed by atoms with Crippen LogP contribution in [0.15, 0.2) is 0 Å². The minimum absolute atomic E-state index is 0.181. The number of rotatable bonds is 3. The maximum absolute atomic E-state index is 9.23. The van der Waals surface area contributed by atoms with Crippen LogP contribution in [-0.4, -0.2) is 28.0 Å². The van der Waals surface area contributed by atoms with E-state index in [0.29, 0.717) is 11.8 Å². The minimum atomic E-state index is -1.07. The summed E-state index contributed by atoms with van der Waals surface area (Å²) < 4.78 is 0. The zero-order valence-corrected chi connectivity index (χ0v) is 7.96. The van der Waals surface area contributed by atoms with Gasteiger partial charge < -0.3 is 10.2 Å². The van der Waals surface area contributed by atoms with E-state index >= 15 is 0 Å². The Balaban J connectivity index is 1.94. The van der Waals surface area contributed by atoms with E-state index in [4.69, 9.17) is 0 Å². The molecule has 3 heteroatoms. The quantitative estimate of drug-likeness (QED) is 0.651. The lowest BCUT2D eigenvalue weighted by Crippen LogP contribution is -2.29. The fourth-order valence-electron chi connectivity index (χ4n) is 2.21. The monoisotopic (exact) mass is 188 g/mol. The number of aliphatic hydroxyl groups is 2. The first-order valence-corrected chi connectivity index (χ1v) is 5.88. The molecule has 1 aliphatic heterocycles. The summed E-state index contributed by atoms with van der Waals surface area (Å²) in [5, 5.41) is 18.5. The third-order valence-electron chi connectivity index (χ3n) is 3.02. The van der Waals surface area contributed by atoms with Gasteiger partial charge in [0, 0.05) is 5.92 Å². The summed E-state index contributed by atoms with van der Waals surface area (Å²) in [7, 11) is 0. The Labute approximate surface area is 77.4 Å². The van der Waals surface area contributed by atoms with Gasteiger partial charge >= 0.3 is 0 Å². The Hall–Kier alpha value is 0.270. The molecular formula is C9H16O2S. The molecule has 0 amide bonds. The Morgan fingerprint density at radius 3 is 2.25 bits per heavy atom. The van der Waals surface area contributed by atoms with E-state index in [0.717, 1.165) is 5.75 Å². The van der Waals surface area contributed by atoms with Crippen molar-refractivity contribution in [3.63, 3.8) is 0 Å². The molecule has 1 saturated heterocycles. The van der Waals surface area contributed by atoms with Crippen LogP contribution < -0.4 is 0 Å². The molecule has 70 valence electrons. The van der Waals surface area contributed by atoms with E-state index in [1.807, 2.05) is 11.8 Å². The van der Waals surface area contributed by atoms with Crippen molar-refractivity contribution in [2.75, 3.05) is 11.5 Å². The third kappa shape index (κ3) is 1.78. The summed E-state index contributed by atoms with van der Waals surface area (Å²) in [5.41, 5.74) is 0. The summed E-state index contributed by atoms with van der Waals surface area (Å²) in [4.78, 5) is 0. The molecule has 0 aromatic heterocycles. The van der Waals surface area contributed by atoms with E-state index in [1.165, 1.54) is 25.0 Å². The second-order valence-electron chi connectivity index (χ2n) is 3.95. The minimum Gasteiger partial charge on any atom is -0.368 e. The number of hydrogen-bond donors (Lipinski definition) is 2. The predicted molar refractivity (Wildman–Crippen MR) is 49.9 cm³/mol. The highest BCUT2D eigenvalue weighted by atomic mass is 32.2. The molecule has 2 rings (SSSR count). The zero-order valence-electron chi connectivity index (χ0n) is 7.15. The van der Waals surface area contributed by atoms with Crippen molar-refractivity contribution in [2.24, 2.45) is 17.8 Å². The molecule has 2 atom stereocenters. The second-order valence-corrected chi connectivity index (χ2v) is 5.10. The van der Waals surface area contributed by atoms with Crippen molar-refractivity contribution in [2.45, 2.75) is 25.6 Å². The van der Waals surface area contributed by atoms with Gasteiger partial charge in [0.2, 0.25) is 0 Å². The average Bonchev–Trinajstić information content (AvgIpc) is 2.65. The van der Waals surface area contributed by atoms with Gasteiger partial charge in [-0.15, -0.1) is 0 Å². The highest BCUT2D eigenvalue weighted by Crippen LogP contribution is 2.45. The zero-order chi connectivity index (χ0) is 8.55. The molecular weight excluding hydrogens is 172 g/mol. The normalized spacial score (nSPS) is 32.8. The van der Waals surface area contributed by atoms with Crippen LogP contribution in [-0.2, 0) is 0 Å². The van der Waals surface area contributed by atoms with Crippen LogP contribution in [0.25, 0.3) is 0 Å². The first-order chi connectivity index (χ1) is 5.79. The van der Waals surface area contributed by atoms with Gasteiger partial charge in [-0.05, 0) is 42.6 Å². The molecule has 1 aliphatic carbocycles. The summed E-state index contributed by atoms with van der Waals surface area (Å²) in [6.45, 7) is 0. The molecule has 0 aromatic rings. The number of thioether (sulfide) groups is 1. The Bertz CT molecular complexity index is 149. The maximum atomic E-state index is 9.23. The van der Waals surface area contributed by atoms with Crippen LogP contribution >= 0.6 is 11.8 Å². The van der Waals surface area contributed by atoms with E-state index in [-0.39, 0.29) is 5.92 Å². The van der Waals surface area contributed by atoms with Crippen molar-refractivity contribution >= 4 is 11.8 Å². The summed E-state index contributed by atoms with van der Waals surface area (Å²) in [6.07, 6.45) is 2.54. The van der Waals surface area contributed by atoms with Gasteiger partial charge in [0.1, 0.15) is 0 Å². The van der Waals surface area contributed by atoms with Crippen LogP contribution in [0.5, 0.6) is 0 Å². The molecule has 12 heavy (non-hydrogen) atoms. The molecule has 2 aliphatic rings. The van der Waals surface area contributed by atoms with Crippen LogP contribution in [0.3, 0.4) is 0 Å². The molecule has 2 unspecified atom stereocenters. The number of hydrogen-bond acceptors (Lipinski definition) is 3. The van der Waals surface area contributed by atoms with E-state index in [2.05, 4.69) is 0 Å². The highest BCUT2D eigenvalue weighted by molar-refractivity contribution is 7.99. The molecule has 2 fully saturated rings. The predicted octanol–water partition coefficient (Wildman–Crippen LogP) is 1.08. The molecule has 0 spiro atoms. The number of aliphatic hydroxyl groups excluding tert-OH is 1. The van der Waals surface area contributed by atoms with Crippen LogP contribution in [0.1, 0.15) is 19.3 Å². The first-order valence-electron chi connectivity index (χ1n) is 4.73. The molecule has 0 bridgehead atoms. The largest absolute Gasteiger partial charge is 0.368 e. The van der Waals surface area contributed by atoms with Gasteiger partial charge in [-0.1, -0.05) is 0 Å². The van der Waals surface area contributed by atoms with Crippen LogP contribution in [0.4, 0.5) is 0 Å². The molecule has 0 radical (unpaired) electrons. The molecule has 1 saturated carbocycles. The standard InChI is InChI=1S/C9H16O2S/c10-9(11)8(6-1-2-6)7-3-4-12-5-7/h6-11H,1-5H2. The Kier molecular flexibility index (Phi) is 2.63. The van der Waals surface area contributed by atoms with Crippen molar-refractivity contribution < 1.29 is 10.2 Å². The molecule has 2 N–H and O–H groups in total. The van der Waals surface area contributed by atoms with Gasteiger partial charge in [0.15, 0.2) is 6.29 Å². The maximum Gasteiger partial charge on any atom is 0.154 e. The molecule has 1 heterocycles. The van der Waals surface area contributed by atoms with E-state index in [9.17, 15) is 10.2 Å².